The van der Waals surface area contributed by atoms with Gasteiger partial charge in [0.05, 0.1) is 11.3 Å². The maximum Gasteiger partial charge on any atom is 0.155 e. The van der Waals surface area contributed by atoms with Crippen LogP contribution in [0.25, 0.3) is 65.0 Å². The zero-order valence-corrected chi connectivity index (χ0v) is 26.1. The van der Waals surface area contributed by atoms with E-state index in [1.165, 1.54) is 41.5 Å². The molecule has 3 aromatic heterocycles. The Morgan fingerprint density at radius 1 is 0.810 bits per heavy atom. The fourth-order valence-electron chi connectivity index (χ4n) is 4.98. The zero-order chi connectivity index (χ0) is 28.3. The summed E-state index contributed by atoms with van der Waals surface area (Å²) in [6, 6.07) is 41.0. The van der Waals surface area contributed by atoms with Crippen LogP contribution in [0.1, 0.15) is 13.8 Å². The predicted molar refractivity (Wildman–Crippen MR) is 169 cm³/mol. The monoisotopic (exact) mass is 745 g/mol. The average molecular weight is 745 g/mol. The second-order valence-corrected chi connectivity index (χ2v) is 10.7. The number of rotatable bonds is 4. The number of thiophene rings is 1. The number of fused-ring (bicyclic) bond motifs is 4. The second kappa shape index (κ2) is 12.7. The number of pyridine rings is 1. The molecule has 4 aromatic carbocycles. The Hall–Kier alpha value is -4.35. The third-order valence-electron chi connectivity index (χ3n) is 6.66. The second-order valence-electron chi connectivity index (χ2n) is 9.68. The summed E-state index contributed by atoms with van der Waals surface area (Å²) in [6.45, 7) is 2.85. The number of carbonyl (C=O) groups is 1. The van der Waals surface area contributed by atoms with Crippen molar-refractivity contribution in [3.63, 3.8) is 0 Å². The summed E-state index contributed by atoms with van der Waals surface area (Å²) in [5.74, 6) is -0.0625. The minimum absolute atomic E-state index is 0. The van der Waals surface area contributed by atoms with Crippen LogP contribution in [0, 0.1) is 6.07 Å². The van der Waals surface area contributed by atoms with Crippen molar-refractivity contribution in [3.8, 4) is 32.8 Å². The number of aliphatic hydroxyl groups excluding tert-OH is 1. The van der Waals surface area contributed by atoms with E-state index < -0.39 is 0 Å². The van der Waals surface area contributed by atoms with E-state index in [1.54, 1.807) is 11.3 Å². The fraction of sp³-hybridized carbons (Fsp3) is 0.0556. The Morgan fingerprint density at radius 2 is 1.48 bits per heavy atom. The normalized spacial score (nSPS) is 11.2. The maximum absolute atomic E-state index is 10.0. The van der Waals surface area contributed by atoms with Gasteiger partial charge in [0.25, 0.3) is 0 Å². The Balaban J connectivity index is 0.000000396. The number of para-hydroxylation sites is 1. The fourth-order valence-corrected chi connectivity index (χ4v) is 6.18. The van der Waals surface area contributed by atoms with Crippen LogP contribution in [-0.2, 0) is 24.9 Å². The van der Waals surface area contributed by atoms with Gasteiger partial charge in [0.1, 0.15) is 10.4 Å². The van der Waals surface area contributed by atoms with Gasteiger partial charge in [-0.05, 0) is 36.7 Å². The van der Waals surface area contributed by atoms with Gasteiger partial charge in [0, 0.05) is 47.4 Å². The summed E-state index contributed by atoms with van der Waals surface area (Å²) in [6.07, 6.45) is 1.17. The number of hydrogen-bond acceptors (Lipinski definition) is 5. The predicted octanol–water partition coefficient (Wildman–Crippen LogP) is 10.0. The van der Waals surface area contributed by atoms with Gasteiger partial charge in [-0.25, -0.2) is 0 Å². The number of furan rings is 1. The first kappa shape index (κ1) is 29.2. The van der Waals surface area contributed by atoms with Gasteiger partial charge in [0.2, 0.25) is 0 Å². The largest absolute Gasteiger partial charge is 0.512 e. The van der Waals surface area contributed by atoms with Crippen LogP contribution >= 0.6 is 11.3 Å². The molecule has 0 aliphatic heterocycles. The van der Waals surface area contributed by atoms with E-state index in [4.69, 9.17) is 14.5 Å². The van der Waals surface area contributed by atoms with Crippen molar-refractivity contribution in [1.29, 1.82) is 0 Å². The molecule has 0 atom stereocenters. The van der Waals surface area contributed by atoms with Gasteiger partial charge < -0.3 is 9.52 Å². The standard InChI is InChI=1S/C31H18NOS.C5H8O2.Ir/c1-3-10-20(11-4-1)28-25-18-19-26(32-31(25)34-30(28)21-12-5-2-6-13-21)24-16-9-15-23-22-14-7-8-17-27(22)33-29(23)24;1-4(6)3-5(2)7;/h1-15,17-19H;3,6H,1-2H3;/q-1;;/b;4-3-;. The Bertz CT molecular complexity index is 2040. The minimum atomic E-state index is -0.125. The van der Waals surface area contributed by atoms with Gasteiger partial charge in [0.15, 0.2) is 5.78 Å². The van der Waals surface area contributed by atoms with Crippen LogP contribution in [-0.4, -0.2) is 15.9 Å². The van der Waals surface area contributed by atoms with Crippen molar-refractivity contribution in [2.45, 2.75) is 13.8 Å². The van der Waals surface area contributed by atoms with E-state index in [0.717, 1.165) is 43.4 Å². The summed E-state index contributed by atoms with van der Waals surface area (Å²) in [4.78, 5) is 17.4. The van der Waals surface area contributed by atoms with Gasteiger partial charge >= 0.3 is 0 Å². The smallest absolute Gasteiger partial charge is 0.155 e. The first-order valence-corrected chi connectivity index (χ1v) is 14.1. The molecule has 1 N–H and O–H groups in total. The van der Waals surface area contributed by atoms with Crippen molar-refractivity contribution in [2.24, 2.45) is 0 Å². The van der Waals surface area contributed by atoms with Gasteiger partial charge in [-0.1, -0.05) is 102 Å². The third kappa shape index (κ3) is 5.83. The number of allylic oxidation sites excluding steroid dienone is 2. The van der Waals surface area contributed by atoms with Crippen molar-refractivity contribution in [3.05, 3.63) is 127 Å². The molecule has 42 heavy (non-hydrogen) atoms. The summed E-state index contributed by atoms with van der Waals surface area (Å²) in [7, 11) is 0. The molecule has 0 aliphatic rings. The van der Waals surface area contributed by atoms with Crippen molar-refractivity contribution in [2.75, 3.05) is 0 Å². The number of ketones is 1. The van der Waals surface area contributed by atoms with E-state index in [0.29, 0.717) is 0 Å². The molecule has 0 fully saturated rings. The first-order chi connectivity index (χ1) is 20.0. The number of nitrogens with zero attached hydrogens (tertiary/aromatic N) is 1. The van der Waals surface area contributed by atoms with Crippen LogP contribution in [0.15, 0.2) is 125 Å². The Kier molecular flexibility index (Phi) is 8.79. The number of hydrogen-bond donors (Lipinski definition) is 1. The molecule has 0 aliphatic carbocycles. The molecule has 0 saturated carbocycles. The SMILES string of the molecule is CC(=O)/C=C(/C)O.[Ir].[c-]1ccc2c(oc3ccccc32)c1-c1ccc2c(-c3ccccc3)c(-c3ccccc3)sc2n1. The molecular weight excluding hydrogens is 719 g/mol. The van der Waals surface area contributed by atoms with Crippen LogP contribution in [0.5, 0.6) is 0 Å². The number of aromatic nitrogens is 1. The third-order valence-corrected chi connectivity index (χ3v) is 7.81. The van der Waals surface area contributed by atoms with Crippen LogP contribution in [0.3, 0.4) is 0 Å². The molecule has 3 heterocycles. The number of carbonyl (C=O) groups excluding carboxylic acids is 1. The van der Waals surface area contributed by atoms with E-state index >= 15 is 0 Å². The summed E-state index contributed by atoms with van der Waals surface area (Å²) in [5, 5.41) is 11.7. The van der Waals surface area contributed by atoms with Crippen molar-refractivity contribution in [1.82, 2.24) is 4.98 Å². The molecule has 209 valence electrons. The summed E-state index contributed by atoms with van der Waals surface area (Å²) < 4.78 is 6.25. The Labute approximate surface area is 261 Å². The van der Waals surface area contributed by atoms with Gasteiger partial charge in [-0.3, -0.25) is 9.78 Å². The van der Waals surface area contributed by atoms with Gasteiger partial charge in [-0.15, -0.1) is 29.5 Å². The Morgan fingerprint density at radius 3 is 2.14 bits per heavy atom. The molecular formula is C36H26IrNO3S-. The molecule has 0 unspecified atom stereocenters. The maximum atomic E-state index is 10.0. The molecule has 0 amide bonds. The molecule has 1 radical (unpaired) electrons. The molecule has 7 rings (SSSR count). The minimum Gasteiger partial charge on any atom is -0.512 e. The van der Waals surface area contributed by atoms with Gasteiger partial charge in [-0.2, -0.15) is 0 Å². The molecule has 0 saturated heterocycles. The quantitative estimate of drug-likeness (QED) is 0.111. The molecule has 6 heteroatoms. The van der Waals surface area contributed by atoms with Crippen LogP contribution < -0.4 is 0 Å². The van der Waals surface area contributed by atoms with E-state index in [-0.39, 0.29) is 31.6 Å². The first-order valence-electron chi connectivity index (χ1n) is 13.2. The van der Waals surface area contributed by atoms with E-state index in [9.17, 15) is 4.79 Å². The van der Waals surface area contributed by atoms with Crippen LogP contribution in [0.4, 0.5) is 0 Å². The molecule has 7 aromatic rings. The number of benzene rings is 4. The van der Waals surface area contributed by atoms with Crippen molar-refractivity contribution < 1.29 is 34.4 Å². The summed E-state index contributed by atoms with van der Waals surface area (Å²) >= 11 is 1.74. The topological polar surface area (TPSA) is 63.3 Å². The molecule has 0 bridgehead atoms. The molecule has 0 spiro atoms. The van der Waals surface area contributed by atoms with E-state index in [2.05, 4.69) is 91.0 Å². The summed E-state index contributed by atoms with van der Waals surface area (Å²) in [5.41, 5.74) is 7.12. The molecule has 4 nitrogen and oxygen atoms in total. The zero-order valence-electron chi connectivity index (χ0n) is 22.9. The number of aliphatic hydroxyl groups is 1. The van der Waals surface area contributed by atoms with Crippen molar-refractivity contribution >= 4 is 49.3 Å². The average Bonchev–Trinajstić information content (AvgIpc) is 3.56. The van der Waals surface area contributed by atoms with Crippen LogP contribution in [0.2, 0.25) is 0 Å². The van der Waals surface area contributed by atoms with E-state index in [1.807, 2.05) is 24.3 Å².